The van der Waals surface area contributed by atoms with Crippen LogP contribution in [0.4, 0.5) is 0 Å². The molecule has 0 atom stereocenters. The minimum atomic E-state index is 1.11. The van der Waals surface area contributed by atoms with Gasteiger partial charge in [0.15, 0.2) is 0 Å². The monoisotopic (exact) mass is 601 g/mol. The molecule has 0 N–H and O–H groups in total. The van der Waals surface area contributed by atoms with Crippen molar-refractivity contribution in [3.63, 3.8) is 0 Å². The van der Waals surface area contributed by atoms with E-state index in [1.807, 2.05) is 0 Å². The van der Waals surface area contributed by atoms with Crippen LogP contribution in [0.15, 0.2) is 164 Å². The van der Waals surface area contributed by atoms with E-state index < -0.39 is 0 Å². The number of fused-ring (bicyclic) bond motifs is 7. The SMILES string of the molecule is Cc1ccccc1-n1c(C)[n+](-c2ccccc2)c2cccc3c4ccccc4c4ccccc4c4cccc(c5ccccc51)c4c32. The molecule has 8 aromatic carbocycles. The number of hydrogen-bond donors (Lipinski definition) is 0. The van der Waals surface area contributed by atoms with Crippen molar-refractivity contribution in [2.45, 2.75) is 13.8 Å². The molecule has 0 radical (unpaired) electrons. The average molecular weight is 602 g/mol. The van der Waals surface area contributed by atoms with Gasteiger partial charge in [-0.25, -0.2) is 0 Å². The maximum atomic E-state index is 2.46. The molecule has 2 nitrogen and oxygen atoms in total. The average Bonchev–Trinajstić information content (AvgIpc) is 3.16. The lowest BCUT2D eigenvalue weighted by atomic mass is 9.92. The van der Waals surface area contributed by atoms with E-state index in [4.69, 9.17) is 0 Å². The van der Waals surface area contributed by atoms with Crippen molar-refractivity contribution in [3.05, 3.63) is 175 Å². The summed E-state index contributed by atoms with van der Waals surface area (Å²) in [6.07, 6.45) is 0. The van der Waals surface area contributed by atoms with Crippen LogP contribution in [0.1, 0.15) is 11.4 Å². The molecule has 0 amide bonds. The Morgan fingerprint density at radius 2 is 0.851 bits per heavy atom. The zero-order chi connectivity index (χ0) is 31.5. The highest BCUT2D eigenvalue weighted by Gasteiger charge is 2.22. The Morgan fingerprint density at radius 1 is 0.383 bits per heavy atom. The molecule has 9 rings (SSSR count). The second-order valence-corrected chi connectivity index (χ2v) is 12.4. The lowest BCUT2D eigenvalue weighted by Gasteiger charge is -2.13. The Labute approximate surface area is 273 Å². The van der Waals surface area contributed by atoms with E-state index in [1.165, 1.54) is 59.4 Å². The fourth-order valence-electron chi connectivity index (χ4n) is 7.76. The smallest absolute Gasteiger partial charge is 0.196 e. The summed E-state index contributed by atoms with van der Waals surface area (Å²) in [7, 11) is 0. The van der Waals surface area contributed by atoms with Crippen LogP contribution in [0.2, 0.25) is 0 Å². The van der Waals surface area contributed by atoms with Gasteiger partial charge in [-0.05, 0) is 80.5 Å². The van der Waals surface area contributed by atoms with Crippen molar-refractivity contribution < 1.29 is 4.57 Å². The number of nitrogens with zero attached hydrogens (tertiary/aromatic N) is 2. The summed E-state index contributed by atoms with van der Waals surface area (Å²) >= 11 is 0. The van der Waals surface area contributed by atoms with Crippen LogP contribution >= 0.6 is 0 Å². The van der Waals surface area contributed by atoms with E-state index in [-0.39, 0.29) is 0 Å². The van der Waals surface area contributed by atoms with Gasteiger partial charge in [-0.15, -0.1) is 0 Å². The summed E-state index contributed by atoms with van der Waals surface area (Å²) in [5.41, 5.74) is 5.80. The Bertz CT molecular complexity index is 2750. The Morgan fingerprint density at radius 3 is 1.51 bits per heavy atom. The lowest BCUT2D eigenvalue weighted by Crippen LogP contribution is -2.37. The third-order valence-electron chi connectivity index (χ3n) is 9.78. The maximum absolute atomic E-state index is 2.46. The van der Waals surface area contributed by atoms with E-state index >= 15 is 0 Å². The van der Waals surface area contributed by atoms with Crippen molar-refractivity contribution in [1.82, 2.24) is 4.57 Å². The first kappa shape index (κ1) is 27.3. The van der Waals surface area contributed by atoms with Crippen LogP contribution in [-0.2, 0) is 0 Å². The number of aryl methyl sites for hydroxylation is 1. The predicted molar refractivity (Wildman–Crippen MR) is 199 cm³/mol. The van der Waals surface area contributed by atoms with Gasteiger partial charge in [0.1, 0.15) is 22.4 Å². The largest absolute Gasteiger partial charge is 0.264 e. The maximum Gasteiger partial charge on any atom is 0.264 e. The van der Waals surface area contributed by atoms with Gasteiger partial charge in [0, 0.05) is 23.1 Å². The van der Waals surface area contributed by atoms with Crippen LogP contribution in [-0.4, -0.2) is 4.57 Å². The molecule has 47 heavy (non-hydrogen) atoms. The standard InChI is InChI=1S/C45H33N2/c1-30-16-6-12-27-41(30)47-31(2)46(32-17-4-3-5-18-32)43-29-15-26-39-36-22-10-8-20-34(36)33-19-7-9-21-35(33)38-24-14-25-40(44(38)45(39)43)37-23-11-13-28-42(37)47/h3-29H,1-2H3/q+1. The van der Waals surface area contributed by atoms with E-state index in [9.17, 15) is 0 Å². The van der Waals surface area contributed by atoms with Crippen molar-refractivity contribution in [2.24, 2.45) is 0 Å². The van der Waals surface area contributed by atoms with E-state index in [1.54, 1.807) is 0 Å². The molecule has 0 spiro atoms. The van der Waals surface area contributed by atoms with Gasteiger partial charge in [-0.3, -0.25) is 0 Å². The van der Waals surface area contributed by atoms with Crippen LogP contribution in [0, 0.1) is 13.8 Å². The number of aromatic nitrogens is 2. The van der Waals surface area contributed by atoms with E-state index in [0.29, 0.717) is 0 Å². The van der Waals surface area contributed by atoms with Crippen molar-refractivity contribution >= 4 is 64.9 Å². The molecule has 0 saturated heterocycles. The van der Waals surface area contributed by atoms with Gasteiger partial charge in [-0.2, -0.15) is 9.13 Å². The second kappa shape index (κ2) is 10.8. The first-order valence-electron chi connectivity index (χ1n) is 16.3. The van der Waals surface area contributed by atoms with Crippen LogP contribution in [0.5, 0.6) is 0 Å². The third kappa shape index (κ3) is 4.15. The zero-order valence-corrected chi connectivity index (χ0v) is 26.5. The van der Waals surface area contributed by atoms with Gasteiger partial charge in [-0.1, -0.05) is 133 Å². The predicted octanol–water partition coefficient (Wildman–Crippen LogP) is 11.4. The topological polar surface area (TPSA) is 8.81 Å². The summed E-state index contributed by atoms with van der Waals surface area (Å²) in [5, 5.41) is 12.4. The van der Waals surface area contributed by atoms with Crippen LogP contribution in [0.25, 0.3) is 76.3 Å². The second-order valence-electron chi connectivity index (χ2n) is 12.4. The molecule has 0 aliphatic carbocycles. The lowest BCUT2D eigenvalue weighted by molar-refractivity contribution is -0.578. The molecule has 1 aromatic heterocycles. The minimum Gasteiger partial charge on any atom is -0.196 e. The number of rotatable bonds is 2. The highest BCUT2D eigenvalue weighted by Crippen LogP contribution is 2.40. The van der Waals surface area contributed by atoms with E-state index in [2.05, 4.69) is 187 Å². The first-order valence-corrected chi connectivity index (χ1v) is 16.3. The van der Waals surface area contributed by atoms with Gasteiger partial charge in [0.25, 0.3) is 5.82 Å². The fourth-order valence-corrected chi connectivity index (χ4v) is 7.76. The summed E-state index contributed by atoms with van der Waals surface area (Å²) in [6.45, 7) is 4.47. The first-order chi connectivity index (χ1) is 23.2. The highest BCUT2D eigenvalue weighted by atomic mass is 15.1. The molecule has 0 saturated carbocycles. The molecule has 2 heteroatoms. The summed E-state index contributed by atoms with van der Waals surface area (Å²) in [4.78, 5) is 0. The molecular weight excluding hydrogens is 569 g/mol. The number of para-hydroxylation sites is 3. The zero-order valence-electron chi connectivity index (χ0n) is 26.5. The molecule has 1 heterocycles. The number of hydrogen-bond acceptors (Lipinski definition) is 0. The van der Waals surface area contributed by atoms with Crippen LogP contribution < -0.4 is 4.57 Å². The Hall–Kier alpha value is -5.99. The minimum absolute atomic E-state index is 1.11. The van der Waals surface area contributed by atoms with Gasteiger partial charge in [0.2, 0.25) is 0 Å². The number of benzene rings is 7. The summed E-state index contributed by atoms with van der Waals surface area (Å²) in [5.74, 6) is 1.11. The summed E-state index contributed by atoms with van der Waals surface area (Å²) in [6, 6.07) is 60.0. The van der Waals surface area contributed by atoms with Crippen molar-refractivity contribution in [1.29, 1.82) is 0 Å². The van der Waals surface area contributed by atoms with Crippen molar-refractivity contribution in [2.75, 3.05) is 0 Å². The molecular formula is C45H33N2+. The molecule has 0 bridgehead atoms. The Balaban J connectivity index is 1.76. The van der Waals surface area contributed by atoms with Gasteiger partial charge < -0.3 is 0 Å². The summed E-state index contributed by atoms with van der Waals surface area (Å²) < 4.78 is 4.92. The third-order valence-corrected chi connectivity index (χ3v) is 9.78. The normalized spacial score (nSPS) is 11.6. The molecule has 0 aliphatic rings. The fraction of sp³-hybridized carbons (Fsp3) is 0.0444. The quantitative estimate of drug-likeness (QED) is 0.174. The molecule has 222 valence electrons. The Kier molecular flexibility index (Phi) is 6.29. The van der Waals surface area contributed by atoms with Crippen LogP contribution in [0.3, 0.4) is 0 Å². The van der Waals surface area contributed by atoms with E-state index in [0.717, 1.165) is 28.2 Å². The highest BCUT2D eigenvalue weighted by molar-refractivity contribution is 6.33. The molecule has 0 aliphatic heterocycles. The van der Waals surface area contributed by atoms with Crippen molar-refractivity contribution in [3.8, 4) is 11.4 Å². The molecule has 0 fully saturated rings. The molecule has 9 aromatic rings. The van der Waals surface area contributed by atoms with Gasteiger partial charge >= 0.3 is 0 Å². The van der Waals surface area contributed by atoms with Gasteiger partial charge in [0.05, 0.1) is 0 Å². The molecule has 0 unspecified atom stereocenters.